The average molecular weight is 285 g/mol. The molecular formula is C16H15NO4. The molecule has 0 saturated carbocycles. The number of amides is 1. The highest BCUT2D eigenvalue weighted by Gasteiger charge is 2.26. The number of nitrogens with one attached hydrogen (secondary N) is 1. The van der Waals surface area contributed by atoms with Gasteiger partial charge in [0.15, 0.2) is 11.5 Å². The number of carbonyl (C=O) groups excluding carboxylic acids is 1. The maximum absolute atomic E-state index is 12.1. The Morgan fingerprint density at radius 2 is 2.00 bits per heavy atom. The Balaban J connectivity index is 1.59. The largest absolute Gasteiger partial charge is 0.508 e. The first-order chi connectivity index (χ1) is 10.2. The second-order valence-corrected chi connectivity index (χ2v) is 4.75. The normalized spacial score (nSPS) is 16.3. The van der Waals surface area contributed by atoms with E-state index in [9.17, 15) is 9.90 Å². The van der Waals surface area contributed by atoms with E-state index in [-0.39, 0.29) is 18.3 Å². The van der Waals surface area contributed by atoms with Crippen LogP contribution in [0.15, 0.2) is 48.5 Å². The van der Waals surface area contributed by atoms with E-state index in [4.69, 9.17) is 9.47 Å². The van der Waals surface area contributed by atoms with Crippen molar-refractivity contribution >= 4 is 5.91 Å². The summed E-state index contributed by atoms with van der Waals surface area (Å²) >= 11 is 0. The van der Waals surface area contributed by atoms with E-state index >= 15 is 0 Å². The first-order valence-electron chi connectivity index (χ1n) is 6.66. The van der Waals surface area contributed by atoms with Crippen molar-refractivity contribution in [2.24, 2.45) is 0 Å². The number of hydrogen-bond donors (Lipinski definition) is 2. The fraction of sp³-hybridized carbons (Fsp3) is 0.188. The molecule has 0 fully saturated rings. The number of carbonyl (C=O) groups is 1. The van der Waals surface area contributed by atoms with Gasteiger partial charge in [0.05, 0.1) is 0 Å². The number of phenols is 1. The number of benzene rings is 2. The van der Waals surface area contributed by atoms with Gasteiger partial charge in [0, 0.05) is 6.54 Å². The molecule has 0 aromatic heterocycles. The summed E-state index contributed by atoms with van der Waals surface area (Å²) < 4.78 is 11.1. The molecule has 5 nitrogen and oxygen atoms in total. The Labute approximate surface area is 122 Å². The van der Waals surface area contributed by atoms with Gasteiger partial charge in [-0.05, 0) is 29.8 Å². The van der Waals surface area contributed by atoms with E-state index < -0.39 is 6.10 Å². The van der Waals surface area contributed by atoms with Crippen LogP contribution in [0.3, 0.4) is 0 Å². The maximum Gasteiger partial charge on any atom is 0.264 e. The summed E-state index contributed by atoms with van der Waals surface area (Å²) in [6.07, 6.45) is -0.669. The fourth-order valence-corrected chi connectivity index (χ4v) is 2.12. The van der Waals surface area contributed by atoms with Crippen molar-refractivity contribution in [2.45, 2.75) is 12.6 Å². The monoisotopic (exact) mass is 285 g/mol. The Kier molecular flexibility index (Phi) is 3.64. The molecule has 1 atom stereocenters. The van der Waals surface area contributed by atoms with Crippen LogP contribution in [0.5, 0.6) is 17.2 Å². The Morgan fingerprint density at radius 3 is 2.81 bits per heavy atom. The van der Waals surface area contributed by atoms with Gasteiger partial charge >= 0.3 is 0 Å². The van der Waals surface area contributed by atoms with E-state index in [1.807, 2.05) is 18.2 Å². The lowest BCUT2D eigenvalue weighted by atomic mass is 10.2. The van der Waals surface area contributed by atoms with Crippen LogP contribution in [0.2, 0.25) is 0 Å². The van der Waals surface area contributed by atoms with E-state index in [0.717, 1.165) is 5.56 Å². The van der Waals surface area contributed by atoms with Crippen molar-refractivity contribution in [2.75, 3.05) is 6.61 Å². The number of rotatable bonds is 3. The third-order valence-electron chi connectivity index (χ3n) is 3.18. The van der Waals surface area contributed by atoms with E-state index in [1.165, 1.54) is 0 Å². The maximum atomic E-state index is 12.1. The first kappa shape index (κ1) is 13.3. The van der Waals surface area contributed by atoms with Gasteiger partial charge < -0.3 is 19.9 Å². The molecule has 108 valence electrons. The highest BCUT2D eigenvalue weighted by atomic mass is 16.6. The number of para-hydroxylation sites is 2. The zero-order chi connectivity index (χ0) is 14.7. The molecule has 0 spiro atoms. The number of fused-ring (bicyclic) bond motifs is 1. The van der Waals surface area contributed by atoms with Gasteiger partial charge in [0.1, 0.15) is 12.4 Å². The highest BCUT2D eigenvalue weighted by Crippen LogP contribution is 2.30. The molecule has 1 heterocycles. The van der Waals surface area contributed by atoms with Crippen LogP contribution in [0.25, 0.3) is 0 Å². The number of aromatic hydroxyl groups is 1. The molecule has 21 heavy (non-hydrogen) atoms. The molecule has 1 amide bonds. The number of phenolic OH excluding ortho intramolecular Hbond substituents is 1. The fourth-order valence-electron chi connectivity index (χ4n) is 2.12. The molecule has 1 aliphatic rings. The van der Waals surface area contributed by atoms with E-state index in [2.05, 4.69) is 5.32 Å². The Hall–Kier alpha value is -2.69. The summed E-state index contributed by atoms with van der Waals surface area (Å²) in [6.45, 7) is 0.512. The van der Waals surface area contributed by atoms with Crippen LogP contribution in [0, 0.1) is 0 Å². The van der Waals surface area contributed by atoms with Crippen LogP contribution in [0.1, 0.15) is 5.56 Å². The summed E-state index contributed by atoms with van der Waals surface area (Å²) in [5, 5.41) is 12.2. The van der Waals surface area contributed by atoms with Crippen molar-refractivity contribution in [1.82, 2.24) is 5.32 Å². The minimum absolute atomic E-state index is 0.174. The van der Waals surface area contributed by atoms with Crippen LogP contribution in [-0.4, -0.2) is 23.7 Å². The summed E-state index contributed by atoms with van der Waals surface area (Å²) in [6, 6.07) is 14.0. The van der Waals surface area contributed by atoms with Gasteiger partial charge in [-0.1, -0.05) is 24.3 Å². The molecule has 2 N–H and O–H groups in total. The van der Waals surface area contributed by atoms with Gasteiger partial charge in [-0.15, -0.1) is 0 Å². The molecule has 0 radical (unpaired) electrons. The SMILES string of the molecule is O=C(NCc1cccc(O)c1)C1COc2ccccc2O1. The summed E-state index contributed by atoms with van der Waals surface area (Å²) in [5.41, 5.74) is 0.820. The smallest absolute Gasteiger partial charge is 0.264 e. The average Bonchev–Trinajstić information content (AvgIpc) is 2.52. The van der Waals surface area contributed by atoms with Crippen molar-refractivity contribution < 1.29 is 19.4 Å². The second-order valence-electron chi connectivity index (χ2n) is 4.75. The molecular weight excluding hydrogens is 270 g/mol. The van der Waals surface area contributed by atoms with Crippen LogP contribution in [0.4, 0.5) is 0 Å². The lowest BCUT2D eigenvalue weighted by molar-refractivity contribution is -0.130. The third-order valence-corrected chi connectivity index (χ3v) is 3.18. The number of hydrogen-bond acceptors (Lipinski definition) is 4. The van der Waals surface area contributed by atoms with Crippen molar-refractivity contribution in [3.63, 3.8) is 0 Å². The molecule has 2 aromatic carbocycles. The van der Waals surface area contributed by atoms with Crippen molar-refractivity contribution in [1.29, 1.82) is 0 Å². The molecule has 0 aliphatic carbocycles. The first-order valence-corrected chi connectivity index (χ1v) is 6.66. The molecule has 3 rings (SSSR count). The topological polar surface area (TPSA) is 67.8 Å². The van der Waals surface area contributed by atoms with Crippen molar-refractivity contribution in [3.8, 4) is 17.2 Å². The zero-order valence-electron chi connectivity index (χ0n) is 11.3. The quantitative estimate of drug-likeness (QED) is 0.903. The lowest BCUT2D eigenvalue weighted by Gasteiger charge is -2.25. The minimum atomic E-state index is -0.669. The van der Waals surface area contributed by atoms with Gasteiger partial charge in [-0.3, -0.25) is 4.79 Å². The summed E-state index contributed by atoms with van der Waals surface area (Å²) in [4.78, 5) is 12.1. The van der Waals surface area contributed by atoms with Crippen LogP contribution in [-0.2, 0) is 11.3 Å². The molecule has 5 heteroatoms. The molecule has 2 aromatic rings. The summed E-state index contributed by atoms with van der Waals surface area (Å²) in [5.74, 6) is 1.15. The van der Waals surface area contributed by atoms with E-state index in [0.29, 0.717) is 18.0 Å². The lowest BCUT2D eigenvalue weighted by Crippen LogP contribution is -2.43. The zero-order valence-corrected chi connectivity index (χ0v) is 11.3. The molecule has 0 bridgehead atoms. The third kappa shape index (κ3) is 3.08. The molecule has 0 saturated heterocycles. The highest BCUT2D eigenvalue weighted by molar-refractivity contribution is 5.81. The van der Waals surface area contributed by atoms with Gasteiger partial charge in [-0.25, -0.2) is 0 Å². The second kappa shape index (κ2) is 5.75. The predicted molar refractivity (Wildman–Crippen MR) is 76.3 cm³/mol. The summed E-state index contributed by atoms with van der Waals surface area (Å²) in [7, 11) is 0. The standard InChI is InChI=1S/C16H15NO4/c18-12-5-3-4-11(8-12)9-17-16(19)15-10-20-13-6-1-2-7-14(13)21-15/h1-8,15,18H,9-10H2,(H,17,19). The van der Waals surface area contributed by atoms with Crippen molar-refractivity contribution in [3.05, 3.63) is 54.1 Å². The Morgan fingerprint density at radius 1 is 1.19 bits per heavy atom. The van der Waals surface area contributed by atoms with Gasteiger partial charge in [0.25, 0.3) is 5.91 Å². The van der Waals surface area contributed by atoms with Gasteiger partial charge in [0.2, 0.25) is 6.10 Å². The van der Waals surface area contributed by atoms with Crippen LogP contribution < -0.4 is 14.8 Å². The van der Waals surface area contributed by atoms with Crippen LogP contribution >= 0.6 is 0 Å². The van der Waals surface area contributed by atoms with E-state index in [1.54, 1.807) is 30.3 Å². The van der Waals surface area contributed by atoms with Gasteiger partial charge in [-0.2, -0.15) is 0 Å². The number of ether oxygens (including phenoxy) is 2. The predicted octanol–water partition coefficient (Wildman–Crippen LogP) is 1.85. The minimum Gasteiger partial charge on any atom is -0.508 e. The Bertz CT molecular complexity index is 656. The molecule has 1 aliphatic heterocycles. The molecule has 1 unspecified atom stereocenters.